The zero-order valence-corrected chi connectivity index (χ0v) is 18.9. The maximum atomic E-state index is 11.8. The maximum absolute atomic E-state index is 11.8. The first-order valence-electron chi connectivity index (χ1n) is 9.68. The zero-order chi connectivity index (χ0) is 20.0. The van der Waals surface area contributed by atoms with Crippen LogP contribution in [-0.2, 0) is 4.79 Å². The van der Waals surface area contributed by atoms with E-state index < -0.39 is 0 Å². The lowest BCUT2D eigenvalue weighted by Gasteiger charge is -2.53. The summed E-state index contributed by atoms with van der Waals surface area (Å²) in [6, 6.07) is 0. The Morgan fingerprint density at radius 2 is 1.16 bits per heavy atom. The molecule has 0 saturated carbocycles. The summed E-state index contributed by atoms with van der Waals surface area (Å²) >= 11 is 0. The third-order valence-corrected chi connectivity index (χ3v) is 6.75. The van der Waals surface area contributed by atoms with Crippen molar-refractivity contribution in [1.29, 1.82) is 0 Å². The molecule has 0 aliphatic carbocycles. The second-order valence-corrected chi connectivity index (χ2v) is 10.8. The number of carbonyl (C=O) groups excluding carboxylic acids is 1. The van der Waals surface area contributed by atoms with Gasteiger partial charge in [0, 0.05) is 30.2 Å². The molecule has 2 rings (SSSR count). The van der Waals surface area contributed by atoms with Crippen molar-refractivity contribution >= 4 is 5.91 Å². The van der Waals surface area contributed by atoms with Crippen molar-refractivity contribution in [1.82, 2.24) is 14.7 Å². The Balaban J connectivity index is 0.000000251. The lowest BCUT2D eigenvalue weighted by molar-refractivity contribution is -0.155. The summed E-state index contributed by atoms with van der Waals surface area (Å²) in [5.74, 6) is 1.07. The Kier molecular flexibility index (Phi) is 6.14. The summed E-state index contributed by atoms with van der Waals surface area (Å²) in [6.45, 7) is 20.9. The zero-order valence-electron chi connectivity index (χ0n) is 18.9. The molecule has 0 aromatic carbocycles. The average molecular weight is 354 g/mol. The van der Waals surface area contributed by atoms with Crippen LogP contribution in [0.25, 0.3) is 0 Å². The Hall–Kier alpha value is -0.610. The Morgan fingerprint density at radius 1 is 0.760 bits per heavy atom. The molecule has 2 heterocycles. The smallest absolute Gasteiger partial charge is 0.242 e. The van der Waals surface area contributed by atoms with Gasteiger partial charge in [-0.2, -0.15) is 0 Å². The second-order valence-electron chi connectivity index (χ2n) is 10.8. The predicted octanol–water partition coefficient (Wildman–Crippen LogP) is 3.85. The highest BCUT2D eigenvalue weighted by molar-refractivity contribution is 5.86. The minimum Gasteiger partial charge on any atom is -0.342 e. The predicted molar refractivity (Wildman–Crippen MR) is 108 cm³/mol. The molecule has 0 aromatic rings. The molecule has 0 N–H and O–H groups in total. The van der Waals surface area contributed by atoms with Gasteiger partial charge < -0.3 is 4.90 Å². The molecular weight excluding hydrogens is 310 g/mol. The SMILES string of the molecule is CC1CC(C)(C)N(C)C(C)(C)C1.CN1CC(C)(C)N(C)C(C)(C)C1=O. The highest BCUT2D eigenvalue weighted by Crippen LogP contribution is 2.39. The van der Waals surface area contributed by atoms with E-state index in [2.05, 4.69) is 65.3 Å². The molecule has 0 unspecified atom stereocenters. The van der Waals surface area contributed by atoms with E-state index >= 15 is 0 Å². The number of likely N-dealkylation sites (tertiary alicyclic amines) is 1. The van der Waals surface area contributed by atoms with Crippen LogP contribution in [-0.4, -0.2) is 70.5 Å². The molecule has 2 aliphatic heterocycles. The van der Waals surface area contributed by atoms with Crippen molar-refractivity contribution in [2.75, 3.05) is 27.7 Å². The molecule has 1 amide bonds. The number of hydrogen-bond donors (Lipinski definition) is 0. The fraction of sp³-hybridized carbons (Fsp3) is 0.952. The van der Waals surface area contributed by atoms with Gasteiger partial charge in [-0.05, 0) is 88.2 Å². The van der Waals surface area contributed by atoms with Gasteiger partial charge >= 0.3 is 0 Å². The number of hydrogen-bond acceptors (Lipinski definition) is 3. The third kappa shape index (κ3) is 4.57. The van der Waals surface area contributed by atoms with Crippen molar-refractivity contribution in [2.45, 2.75) is 97.3 Å². The van der Waals surface area contributed by atoms with E-state index in [9.17, 15) is 4.79 Å². The monoisotopic (exact) mass is 353 g/mol. The van der Waals surface area contributed by atoms with Gasteiger partial charge in [-0.15, -0.1) is 0 Å². The number of likely N-dealkylation sites (N-methyl/N-ethyl adjacent to an activating group) is 2. The summed E-state index contributed by atoms with van der Waals surface area (Å²) in [7, 11) is 6.15. The lowest BCUT2D eigenvalue weighted by Crippen LogP contribution is -2.69. The normalized spacial score (nSPS) is 29.1. The molecule has 2 fully saturated rings. The topological polar surface area (TPSA) is 26.8 Å². The number of rotatable bonds is 0. The molecular formula is C21H43N3O. The first kappa shape index (κ1) is 22.4. The third-order valence-electron chi connectivity index (χ3n) is 6.75. The van der Waals surface area contributed by atoms with Gasteiger partial charge in [0.1, 0.15) is 0 Å². The number of piperidine rings is 1. The maximum Gasteiger partial charge on any atom is 0.242 e. The number of nitrogens with zero attached hydrogens (tertiary/aromatic N) is 3. The highest BCUT2D eigenvalue weighted by Gasteiger charge is 2.47. The number of amides is 1. The quantitative estimate of drug-likeness (QED) is 0.662. The van der Waals surface area contributed by atoms with E-state index in [4.69, 9.17) is 0 Å². The first-order valence-corrected chi connectivity index (χ1v) is 9.68. The fourth-order valence-electron chi connectivity index (χ4n) is 5.00. The summed E-state index contributed by atoms with van der Waals surface area (Å²) in [5, 5.41) is 0. The first-order chi connectivity index (χ1) is 10.9. The highest BCUT2D eigenvalue weighted by atomic mass is 16.2. The summed E-state index contributed by atoms with van der Waals surface area (Å²) < 4.78 is 0. The molecule has 4 heteroatoms. The summed E-state index contributed by atoms with van der Waals surface area (Å²) in [5.41, 5.74) is 0.436. The van der Waals surface area contributed by atoms with Crippen molar-refractivity contribution in [3.05, 3.63) is 0 Å². The number of piperazine rings is 1. The number of carbonyl (C=O) groups is 1. The summed E-state index contributed by atoms with van der Waals surface area (Å²) in [6.07, 6.45) is 2.65. The molecule has 0 aromatic heterocycles. The van der Waals surface area contributed by atoms with Gasteiger partial charge in [-0.1, -0.05) is 6.92 Å². The molecule has 148 valence electrons. The van der Waals surface area contributed by atoms with E-state index in [0.717, 1.165) is 12.5 Å². The minimum atomic E-state index is -0.378. The second kappa shape index (κ2) is 6.84. The van der Waals surface area contributed by atoms with Crippen LogP contribution >= 0.6 is 0 Å². The average Bonchev–Trinajstić information content (AvgIpc) is 2.41. The molecule has 0 spiro atoms. The molecule has 2 saturated heterocycles. The van der Waals surface area contributed by atoms with E-state index in [-0.39, 0.29) is 17.0 Å². The van der Waals surface area contributed by atoms with Crippen molar-refractivity contribution in [2.24, 2.45) is 5.92 Å². The largest absolute Gasteiger partial charge is 0.342 e. The Morgan fingerprint density at radius 3 is 1.56 bits per heavy atom. The van der Waals surface area contributed by atoms with Crippen molar-refractivity contribution < 1.29 is 4.79 Å². The molecule has 0 bridgehead atoms. The van der Waals surface area contributed by atoms with Gasteiger partial charge in [0.25, 0.3) is 0 Å². The molecule has 4 nitrogen and oxygen atoms in total. The van der Waals surface area contributed by atoms with E-state index in [0.29, 0.717) is 11.1 Å². The van der Waals surface area contributed by atoms with Crippen LogP contribution in [0.2, 0.25) is 0 Å². The Labute approximate surface area is 156 Å². The standard InChI is InChI=1S/C11H23N.C10H20N2O/c1-9-7-10(2,3)12(6)11(4,5)8-9;1-9(2)7-11(5)8(13)10(3,4)12(9)6/h9H,7-8H2,1-6H3;7H2,1-6H3. The molecule has 25 heavy (non-hydrogen) atoms. The van der Waals surface area contributed by atoms with Gasteiger partial charge in [-0.25, -0.2) is 0 Å². The molecule has 0 atom stereocenters. The minimum absolute atomic E-state index is 0.0617. The van der Waals surface area contributed by atoms with Crippen LogP contribution in [0.15, 0.2) is 0 Å². The van der Waals surface area contributed by atoms with Crippen molar-refractivity contribution in [3.8, 4) is 0 Å². The summed E-state index contributed by atoms with van der Waals surface area (Å²) in [4.78, 5) is 18.3. The van der Waals surface area contributed by atoms with Crippen LogP contribution < -0.4 is 0 Å². The lowest BCUT2D eigenvalue weighted by atomic mass is 9.75. The van der Waals surface area contributed by atoms with E-state index in [1.165, 1.54) is 12.8 Å². The van der Waals surface area contributed by atoms with E-state index in [1.54, 1.807) is 0 Å². The molecule has 2 aliphatic rings. The van der Waals surface area contributed by atoms with Crippen molar-refractivity contribution in [3.63, 3.8) is 0 Å². The van der Waals surface area contributed by atoms with Gasteiger partial charge in [0.2, 0.25) is 5.91 Å². The van der Waals surface area contributed by atoms with Crippen LogP contribution in [0.4, 0.5) is 0 Å². The van der Waals surface area contributed by atoms with Gasteiger partial charge in [0.05, 0.1) is 5.54 Å². The fourth-order valence-corrected chi connectivity index (χ4v) is 5.00. The van der Waals surface area contributed by atoms with Crippen LogP contribution in [0, 0.1) is 5.92 Å². The Bertz CT molecular complexity index is 475. The van der Waals surface area contributed by atoms with E-state index in [1.807, 2.05) is 32.8 Å². The van der Waals surface area contributed by atoms with Crippen LogP contribution in [0.5, 0.6) is 0 Å². The van der Waals surface area contributed by atoms with Gasteiger partial charge in [-0.3, -0.25) is 14.6 Å². The van der Waals surface area contributed by atoms with Crippen LogP contribution in [0.1, 0.15) is 75.2 Å². The van der Waals surface area contributed by atoms with Gasteiger partial charge in [0.15, 0.2) is 0 Å². The van der Waals surface area contributed by atoms with Crippen LogP contribution in [0.3, 0.4) is 0 Å². The molecule has 0 radical (unpaired) electrons.